The van der Waals surface area contributed by atoms with Crippen LogP contribution in [0.1, 0.15) is 50.5 Å². The van der Waals surface area contributed by atoms with E-state index in [1.54, 1.807) is 18.0 Å². The molecule has 1 amide bonds. The van der Waals surface area contributed by atoms with Crippen molar-refractivity contribution >= 4 is 11.6 Å². The van der Waals surface area contributed by atoms with Crippen LogP contribution in [-0.2, 0) is 4.79 Å². The molecule has 1 aliphatic carbocycles. The first kappa shape index (κ1) is 14.6. The van der Waals surface area contributed by atoms with Gasteiger partial charge in [0, 0.05) is 13.5 Å². The lowest BCUT2D eigenvalue weighted by molar-refractivity contribution is -0.118. The quantitative estimate of drug-likeness (QED) is 0.833. The number of rotatable bonds is 4. The summed E-state index contributed by atoms with van der Waals surface area (Å²) in [5.41, 5.74) is 1.27. The number of anilines is 1. The van der Waals surface area contributed by atoms with E-state index in [0.717, 1.165) is 6.42 Å². The molecule has 106 valence electrons. The number of hydrogen-bond donors (Lipinski definition) is 0. The summed E-state index contributed by atoms with van der Waals surface area (Å²) in [6, 6.07) is 9.41. The van der Waals surface area contributed by atoms with Crippen LogP contribution in [0, 0.1) is 17.2 Å². The van der Waals surface area contributed by atoms with Gasteiger partial charge < -0.3 is 4.90 Å². The molecule has 0 aromatic heterocycles. The molecule has 1 aromatic rings. The summed E-state index contributed by atoms with van der Waals surface area (Å²) in [4.78, 5) is 13.9. The SMILES string of the molecule is CN(C(=O)CCC1CCCCC1)c1ccccc1C#N. The summed E-state index contributed by atoms with van der Waals surface area (Å²) in [5.74, 6) is 0.825. The molecule has 0 atom stereocenters. The number of para-hydroxylation sites is 1. The second kappa shape index (κ2) is 7.09. The van der Waals surface area contributed by atoms with Crippen LogP contribution in [0.15, 0.2) is 24.3 Å². The van der Waals surface area contributed by atoms with Gasteiger partial charge in [-0.2, -0.15) is 5.26 Å². The van der Waals surface area contributed by atoms with Crippen molar-refractivity contribution in [2.75, 3.05) is 11.9 Å². The predicted molar refractivity (Wildman–Crippen MR) is 80.4 cm³/mol. The Labute approximate surface area is 121 Å². The maximum Gasteiger partial charge on any atom is 0.226 e. The maximum atomic E-state index is 12.3. The Kier molecular flexibility index (Phi) is 5.17. The normalized spacial score (nSPS) is 15.6. The molecule has 2 rings (SSSR count). The van der Waals surface area contributed by atoms with Gasteiger partial charge in [0.25, 0.3) is 0 Å². The maximum absolute atomic E-state index is 12.3. The summed E-state index contributed by atoms with van der Waals surface area (Å²) in [7, 11) is 1.76. The van der Waals surface area contributed by atoms with E-state index in [1.807, 2.05) is 18.2 Å². The van der Waals surface area contributed by atoms with Crippen LogP contribution in [0.2, 0.25) is 0 Å². The molecule has 0 aliphatic heterocycles. The van der Waals surface area contributed by atoms with Crippen LogP contribution < -0.4 is 4.90 Å². The minimum atomic E-state index is 0.110. The van der Waals surface area contributed by atoms with Crippen molar-refractivity contribution in [3.05, 3.63) is 29.8 Å². The van der Waals surface area contributed by atoms with E-state index in [-0.39, 0.29) is 5.91 Å². The van der Waals surface area contributed by atoms with Gasteiger partial charge in [-0.05, 0) is 24.5 Å². The van der Waals surface area contributed by atoms with E-state index < -0.39 is 0 Å². The number of nitriles is 1. The highest BCUT2D eigenvalue weighted by Crippen LogP contribution is 2.28. The smallest absolute Gasteiger partial charge is 0.226 e. The van der Waals surface area contributed by atoms with Crippen LogP contribution >= 0.6 is 0 Å². The van der Waals surface area contributed by atoms with Gasteiger partial charge in [0.2, 0.25) is 5.91 Å². The zero-order chi connectivity index (χ0) is 14.4. The number of carbonyl (C=O) groups excluding carboxylic acids is 1. The summed E-state index contributed by atoms with van der Waals surface area (Å²) < 4.78 is 0. The van der Waals surface area contributed by atoms with Crippen LogP contribution in [0.4, 0.5) is 5.69 Å². The van der Waals surface area contributed by atoms with Crippen LogP contribution in [-0.4, -0.2) is 13.0 Å². The zero-order valence-electron chi connectivity index (χ0n) is 12.1. The van der Waals surface area contributed by atoms with Gasteiger partial charge >= 0.3 is 0 Å². The predicted octanol–water partition coefficient (Wildman–Crippen LogP) is 3.88. The molecule has 0 unspecified atom stereocenters. The molecule has 0 heterocycles. The van der Waals surface area contributed by atoms with Crippen molar-refractivity contribution in [3.8, 4) is 6.07 Å². The van der Waals surface area contributed by atoms with Gasteiger partial charge in [0.05, 0.1) is 11.3 Å². The van der Waals surface area contributed by atoms with Gasteiger partial charge in [-0.25, -0.2) is 0 Å². The third-order valence-corrected chi connectivity index (χ3v) is 4.25. The Hall–Kier alpha value is -1.82. The molecule has 3 heteroatoms. The van der Waals surface area contributed by atoms with Gasteiger partial charge in [0.15, 0.2) is 0 Å². The van der Waals surface area contributed by atoms with Gasteiger partial charge in [-0.1, -0.05) is 44.2 Å². The third kappa shape index (κ3) is 3.60. The van der Waals surface area contributed by atoms with Gasteiger partial charge in [0.1, 0.15) is 6.07 Å². The Bertz CT molecular complexity index is 498. The standard InChI is InChI=1S/C17H22N2O/c1-19(16-10-6-5-9-15(16)13-18)17(20)12-11-14-7-3-2-4-8-14/h5-6,9-10,14H,2-4,7-8,11-12H2,1H3. The van der Waals surface area contributed by atoms with Crippen LogP contribution in [0.5, 0.6) is 0 Å². The molecule has 0 saturated heterocycles. The fourth-order valence-corrected chi connectivity index (χ4v) is 2.97. The Morgan fingerprint density at radius 1 is 1.30 bits per heavy atom. The second-order valence-electron chi connectivity index (χ2n) is 5.62. The fourth-order valence-electron chi connectivity index (χ4n) is 2.97. The Morgan fingerprint density at radius 3 is 2.70 bits per heavy atom. The number of amides is 1. The molecule has 1 fully saturated rings. The molecule has 3 nitrogen and oxygen atoms in total. The van der Waals surface area contributed by atoms with Crippen molar-refractivity contribution < 1.29 is 4.79 Å². The molecule has 0 spiro atoms. The molecule has 20 heavy (non-hydrogen) atoms. The average Bonchev–Trinajstić information content (AvgIpc) is 2.52. The molecule has 0 radical (unpaired) electrons. The van der Waals surface area contributed by atoms with Crippen LogP contribution in [0.3, 0.4) is 0 Å². The minimum Gasteiger partial charge on any atom is -0.314 e. The van der Waals surface area contributed by atoms with Crippen molar-refractivity contribution in [1.82, 2.24) is 0 Å². The van der Waals surface area contributed by atoms with E-state index in [9.17, 15) is 4.79 Å². The third-order valence-electron chi connectivity index (χ3n) is 4.25. The largest absolute Gasteiger partial charge is 0.314 e. The monoisotopic (exact) mass is 270 g/mol. The number of nitrogens with zero attached hydrogens (tertiary/aromatic N) is 2. The highest BCUT2D eigenvalue weighted by atomic mass is 16.2. The van der Waals surface area contributed by atoms with Gasteiger partial charge in [-0.3, -0.25) is 4.79 Å². The van der Waals surface area contributed by atoms with E-state index in [4.69, 9.17) is 5.26 Å². The lowest BCUT2D eigenvalue weighted by Gasteiger charge is -2.23. The molecule has 1 aliphatic rings. The van der Waals surface area contributed by atoms with E-state index in [1.165, 1.54) is 32.1 Å². The van der Waals surface area contributed by atoms with Crippen LogP contribution in [0.25, 0.3) is 0 Å². The molecule has 1 aromatic carbocycles. The second-order valence-corrected chi connectivity index (χ2v) is 5.62. The van der Waals surface area contributed by atoms with Crippen molar-refractivity contribution in [3.63, 3.8) is 0 Å². The summed E-state index contributed by atoms with van der Waals surface area (Å²) in [6.45, 7) is 0. The lowest BCUT2D eigenvalue weighted by Crippen LogP contribution is -2.27. The van der Waals surface area contributed by atoms with Crippen molar-refractivity contribution in [2.45, 2.75) is 44.9 Å². The Morgan fingerprint density at radius 2 is 2.00 bits per heavy atom. The molecular weight excluding hydrogens is 248 g/mol. The first-order valence-corrected chi connectivity index (χ1v) is 7.48. The number of hydrogen-bond acceptors (Lipinski definition) is 2. The first-order chi connectivity index (χ1) is 9.72. The Balaban J connectivity index is 1.93. The van der Waals surface area contributed by atoms with Crippen molar-refractivity contribution in [1.29, 1.82) is 5.26 Å². The van der Waals surface area contributed by atoms with Gasteiger partial charge in [-0.15, -0.1) is 0 Å². The van der Waals surface area contributed by atoms with Crippen molar-refractivity contribution in [2.24, 2.45) is 5.92 Å². The van der Waals surface area contributed by atoms with E-state index in [0.29, 0.717) is 23.6 Å². The van der Waals surface area contributed by atoms with E-state index in [2.05, 4.69) is 6.07 Å². The zero-order valence-corrected chi connectivity index (χ0v) is 12.1. The number of benzene rings is 1. The highest BCUT2D eigenvalue weighted by Gasteiger charge is 2.18. The number of carbonyl (C=O) groups is 1. The van der Waals surface area contributed by atoms with E-state index >= 15 is 0 Å². The minimum absolute atomic E-state index is 0.110. The molecular formula is C17H22N2O. The summed E-state index contributed by atoms with van der Waals surface area (Å²) >= 11 is 0. The topological polar surface area (TPSA) is 44.1 Å². The lowest BCUT2D eigenvalue weighted by atomic mass is 9.86. The summed E-state index contributed by atoms with van der Waals surface area (Å²) in [5, 5.41) is 9.09. The molecule has 1 saturated carbocycles. The highest BCUT2D eigenvalue weighted by molar-refractivity contribution is 5.94. The molecule has 0 bridgehead atoms. The fraction of sp³-hybridized carbons (Fsp3) is 0.529. The average molecular weight is 270 g/mol. The summed E-state index contributed by atoms with van der Waals surface area (Å²) in [6.07, 6.45) is 8.08. The molecule has 0 N–H and O–H groups in total. The first-order valence-electron chi connectivity index (χ1n) is 7.48.